The van der Waals surface area contributed by atoms with Gasteiger partial charge in [0.1, 0.15) is 5.82 Å². The van der Waals surface area contributed by atoms with Gasteiger partial charge in [-0.2, -0.15) is 4.98 Å². The van der Waals surface area contributed by atoms with Crippen LogP contribution in [0, 0.1) is 6.92 Å². The zero-order chi connectivity index (χ0) is 11.4. The summed E-state index contributed by atoms with van der Waals surface area (Å²) < 4.78 is 0. The number of aryl methyl sites for hydroxylation is 1. The van der Waals surface area contributed by atoms with Crippen LogP contribution in [0.15, 0.2) is 24.5 Å². The van der Waals surface area contributed by atoms with Crippen LogP contribution in [0.4, 0.5) is 5.95 Å². The Morgan fingerprint density at radius 3 is 2.81 bits per heavy atom. The lowest BCUT2D eigenvalue weighted by atomic mass is 10.2. The summed E-state index contributed by atoms with van der Waals surface area (Å²) in [7, 11) is 0. The van der Waals surface area contributed by atoms with E-state index in [0.29, 0.717) is 11.8 Å². The Hall–Kier alpha value is -2.24. The zero-order valence-electron chi connectivity index (χ0n) is 8.77. The lowest BCUT2D eigenvalue weighted by Crippen LogP contribution is -2.15. The lowest BCUT2D eigenvalue weighted by Gasteiger charge is -2.00. The Labute approximate surface area is 92.1 Å². The molecule has 0 spiro atoms. The smallest absolute Gasteiger partial charge is 0.248 e. The van der Waals surface area contributed by atoms with Crippen molar-refractivity contribution in [3.63, 3.8) is 0 Å². The molecule has 0 radical (unpaired) electrons. The van der Waals surface area contributed by atoms with Crippen LogP contribution in [0.1, 0.15) is 11.4 Å². The first kappa shape index (κ1) is 10.3. The third-order valence-corrected chi connectivity index (χ3v) is 1.96. The van der Waals surface area contributed by atoms with E-state index in [0.717, 1.165) is 5.56 Å². The molecule has 0 aliphatic rings. The summed E-state index contributed by atoms with van der Waals surface area (Å²) >= 11 is 0. The van der Waals surface area contributed by atoms with Gasteiger partial charge >= 0.3 is 0 Å². The van der Waals surface area contributed by atoms with Gasteiger partial charge in [0.15, 0.2) is 0 Å². The number of carbonyl (C=O) groups is 1. The zero-order valence-corrected chi connectivity index (χ0v) is 8.77. The number of nitrogens with one attached hydrogen (secondary N) is 2. The van der Waals surface area contributed by atoms with Crippen LogP contribution in [0.2, 0.25) is 0 Å². The molecule has 2 N–H and O–H groups in total. The summed E-state index contributed by atoms with van der Waals surface area (Å²) in [6, 6.07) is 3.59. The van der Waals surface area contributed by atoms with Crippen molar-refractivity contribution in [1.82, 2.24) is 20.2 Å². The molecule has 0 fully saturated rings. The second kappa shape index (κ2) is 4.52. The molecule has 2 heterocycles. The molecule has 0 saturated heterocycles. The number of aromatic nitrogens is 4. The third-order valence-electron chi connectivity index (χ3n) is 1.96. The maximum atomic E-state index is 11.6. The van der Waals surface area contributed by atoms with E-state index in [4.69, 9.17) is 0 Å². The average molecular weight is 217 g/mol. The van der Waals surface area contributed by atoms with E-state index in [1.807, 2.05) is 0 Å². The molecule has 0 aromatic carbocycles. The van der Waals surface area contributed by atoms with Gasteiger partial charge < -0.3 is 0 Å². The van der Waals surface area contributed by atoms with E-state index in [9.17, 15) is 4.79 Å². The molecule has 2 aromatic heterocycles. The minimum Gasteiger partial charge on any atom is -0.293 e. The number of H-pyrrole nitrogens is 1. The maximum absolute atomic E-state index is 11.6. The van der Waals surface area contributed by atoms with E-state index in [-0.39, 0.29) is 12.3 Å². The fraction of sp³-hybridized carbons (Fsp3) is 0.200. The Kier molecular flexibility index (Phi) is 2.90. The standard InChI is InChI=1S/C10H11N5O/c1-7-12-10(15-14-7)13-9(16)6-8-2-4-11-5-3-8/h2-5H,6H2,1H3,(H2,12,13,14,15,16). The normalized spacial score (nSPS) is 10.1. The number of amides is 1. The van der Waals surface area contributed by atoms with Gasteiger partial charge in [-0.1, -0.05) is 0 Å². The van der Waals surface area contributed by atoms with Gasteiger partial charge in [-0.05, 0) is 24.6 Å². The summed E-state index contributed by atoms with van der Waals surface area (Å²) in [4.78, 5) is 19.4. The third kappa shape index (κ3) is 2.63. The Morgan fingerprint density at radius 2 is 2.19 bits per heavy atom. The maximum Gasteiger partial charge on any atom is 0.248 e. The van der Waals surface area contributed by atoms with Crippen molar-refractivity contribution in [2.24, 2.45) is 0 Å². The highest BCUT2D eigenvalue weighted by Crippen LogP contribution is 2.01. The lowest BCUT2D eigenvalue weighted by molar-refractivity contribution is -0.115. The van der Waals surface area contributed by atoms with E-state index in [2.05, 4.69) is 25.5 Å². The summed E-state index contributed by atoms with van der Waals surface area (Å²) in [5.74, 6) is 0.820. The van der Waals surface area contributed by atoms with Crippen molar-refractivity contribution >= 4 is 11.9 Å². The van der Waals surface area contributed by atoms with Gasteiger partial charge in [0, 0.05) is 12.4 Å². The molecule has 0 atom stereocenters. The van der Waals surface area contributed by atoms with Gasteiger partial charge in [0.25, 0.3) is 0 Å². The molecule has 0 aliphatic carbocycles. The van der Waals surface area contributed by atoms with E-state index < -0.39 is 0 Å². The molecular formula is C10H11N5O. The van der Waals surface area contributed by atoms with Crippen molar-refractivity contribution in [3.05, 3.63) is 35.9 Å². The number of aromatic amines is 1. The molecular weight excluding hydrogens is 206 g/mol. The number of hydrogen-bond donors (Lipinski definition) is 2. The van der Waals surface area contributed by atoms with Gasteiger partial charge in [-0.3, -0.25) is 20.2 Å². The summed E-state index contributed by atoms with van der Waals surface area (Å²) in [5.41, 5.74) is 0.903. The molecule has 2 aromatic rings. The predicted octanol–water partition coefficient (Wildman–Crippen LogP) is 0.689. The van der Waals surface area contributed by atoms with Crippen molar-refractivity contribution in [2.45, 2.75) is 13.3 Å². The van der Waals surface area contributed by atoms with Gasteiger partial charge in [0.2, 0.25) is 11.9 Å². The predicted molar refractivity (Wildman–Crippen MR) is 57.7 cm³/mol. The van der Waals surface area contributed by atoms with Crippen LogP contribution in [0.5, 0.6) is 0 Å². The van der Waals surface area contributed by atoms with E-state index >= 15 is 0 Å². The fourth-order valence-electron chi connectivity index (χ4n) is 1.25. The van der Waals surface area contributed by atoms with Crippen molar-refractivity contribution in [3.8, 4) is 0 Å². The van der Waals surface area contributed by atoms with Crippen molar-refractivity contribution in [1.29, 1.82) is 0 Å². The topological polar surface area (TPSA) is 83.6 Å². The fourth-order valence-corrected chi connectivity index (χ4v) is 1.25. The number of nitrogens with zero attached hydrogens (tertiary/aromatic N) is 3. The molecule has 0 unspecified atom stereocenters. The molecule has 0 saturated carbocycles. The monoisotopic (exact) mass is 217 g/mol. The largest absolute Gasteiger partial charge is 0.293 e. The first-order valence-corrected chi connectivity index (χ1v) is 4.82. The number of rotatable bonds is 3. The molecule has 16 heavy (non-hydrogen) atoms. The van der Waals surface area contributed by atoms with Crippen LogP contribution in [0.3, 0.4) is 0 Å². The number of anilines is 1. The van der Waals surface area contributed by atoms with Crippen LogP contribution >= 0.6 is 0 Å². The molecule has 1 amide bonds. The molecule has 82 valence electrons. The van der Waals surface area contributed by atoms with Gasteiger partial charge in [-0.25, -0.2) is 0 Å². The molecule has 2 rings (SSSR count). The second-order valence-electron chi connectivity index (χ2n) is 3.32. The van der Waals surface area contributed by atoms with Crippen molar-refractivity contribution < 1.29 is 4.79 Å². The van der Waals surface area contributed by atoms with Crippen molar-refractivity contribution in [2.75, 3.05) is 5.32 Å². The van der Waals surface area contributed by atoms with E-state index in [1.165, 1.54) is 0 Å². The molecule has 0 aliphatic heterocycles. The first-order valence-electron chi connectivity index (χ1n) is 4.82. The minimum atomic E-state index is -0.148. The Balaban J connectivity index is 1.95. The van der Waals surface area contributed by atoms with Gasteiger partial charge in [0.05, 0.1) is 6.42 Å². The average Bonchev–Trinajstić information content (AvgIpc) is 2.65. The summed E-state index contributed by atoms with van der Waals surface area (Å²) in [6.07, 6.45) is 3.59. The number of pyridine rings is 1. The molecule has 6 heteroatoms. The highest BCUT2D eigenvalue weighted by Gasteiger charge is 2.06. The minimum absolute atomic E-state index is 0.148. The first-order chi connectivity index (χ1) is 7.74. The molecule has 0 bridgehead atoms. The SMILES string of the molecule is Cc1nc(NC(=O)Cc2ccncc2)n[nH]1. The van der Waals surface area contributed by atoms with Crippen LogP contribution in [0.25, 0.3) is 0 Å². The Morgan fingerprint density at radius 1 is 1.44 bits per heavy atom. The number of carbonyl (C=O) groups excluding carboxylic acids is 1. The summed E-state index contributed by atoms with van der Waals surface area (Å²) in [5, 5.41) is 9.07. The van der Waals surface area contributed by atoms with E-state index in [1.54, 1.807) is 31.5 Å². The Bertz CT molecular complexity index is 479. The van der Waals surface area contributed by atoms with Crippen LogP contribution < -0.4 is 5.32 Å². The summed E-state index contributed by atoms with van der Waals surface area (Å²) in [6.45, 7) is 1.77. The van der Waals surface area contributed by atoms with Crippen LogP contribution in [-0.2, 0) is 11.2 Å². The molecule has 6 nitrogen and oxygen atoms in total. The quantitative estimate of drug-likeness (QED) is 0.792. The van der Waals surface area contributed by atoms with Gasteiger partial charge in [-0.15, -0.1) is 5.10 Å². The van der Waals surface area contributed by atoms with Crippen LogP contribution in [-0.4, -0.2) is 26.1 Å². The number of hydrogen-bond acceptors (Lipinski definition) is 4. The highest BCUT2D eigenvalue weighted by atomic mass is 16.1. The second-order valence-corrected chi connectivity index (χ2v) is 3.32. The highest BCUT2D eigenvalue weighted by molar-refractivity contribution is 5.90.